The summed E-state index contributed by atoms with van der Waals surface area (Å²) >= 11 is 0. The van der Waals surface area contributed by atoms with Gasteiger partial charge in [-0.25, -0.2) is 4.79 Å². The first-order chi connectivity index (χ1) is 12.6. The molecule has 0 spiro atoms. The van der Waals surface area contributed by atoms with Crippen LogP contribution in [0.15, 0.2) is 39.5 Å². The van der Waals surface area contributed by atoms with Gasteiger partial charge in [0.2, 0.25) is 0 Å². The molecular weight excluding hydrogens is 328 g/mol. The number of carbonyl (C=O) groups excluding carboxylic acids is 1. The van der Waals surface area contributed by atoms with E-state index in [4.69, 9.17) is 4.42 Å². The summed E-state index contributed by atoms with van der Waals surface area (Å²) in [7, 11) is 0. The number of Topliss-reactive ketones (excluding diaryl/α,β-unsaturated/α-hetero) is 1. The number of fused-ring (bicyclic) bond motifs is 1. The Balaban J connectivity index is 1.93. The van der Waals surface area contributed by atoms with Crippen molar-refractivity contribution in [3.63, 3.8) is 0 Å². The average molecular weight is 352 g/mol. The second kappa shape index (κ2) is 6.75. The summed E-state index contributed by atoms with van der Waals surface area (Å²) in [5, 5.41) is 11.1. The molecule has 1 fully saturated rings. The lowest BCUT2D eigenvalue weighted by atomic mass is 9.85. The lowest BCUT2D eigenvalue weighted by molar-refractivity contribution is 0.0977. The third-order valence-corrected chi connectivity index (χ3v) is 5.82. The van der Waals surface area contributed by atoms with E-state index in [2.05, 4.69) is 0 Å². The van der Waals surface area contributed by atoms with E-state index in [-0.39, 0.29) is 34.5 Å². The van der Waals surface area contributed by atoms with Crippen molar-refractivity contribution in [3.05, 3.63) is 63.2 Å². The Labute approximate surface area is 152 Å². The second-order valence-electron chi connectivity index (χ2n) is 7.54. The quantitative estimate of drug-likeness (QED) is 0.807. The minimum Gasteiger partial charge on any atom is -0.506 e. The molecule has 1 saturated carbocycles. The molecule has 0 saturated heterocycles. The fraction of sp³-hybridized carbons (Fsp3) is 0.455. The van der Waals surface area contributed by atoms with Gasteiger partial charge in [-0.05, 0) is 43.6 Å². The van der Waals surface area contributed by atoms with Crippen molar-refractivity contribution >= 4 is 5.78 Å². The maximum Gasteiger partial charge on any atom is 0.343 e. The average Bonchev–Trinajstić information content (AvgIpc) is 3.47. The first kappa shape index (κ1) is 17.1. The Morgan fingerprint density at radius 2 is 1.88 bits per heavy atom. The molecule has 4 nitrogen and oxygen atoms in total. The molecule has 1 aromatic carbocycles. The van der Waals surface area contributed by atoms with Gasteiger partial charge < -0.3 is 9.52 Å². The molecule has 2 atom stereocenters. The van der Waals surface area contributed by atoms with Crippen molar-refractivity contribution in [3.8, 4) is 5.75 Å². The third-order valence-electron chi connectivity index (χ3n) is 5.82. The predicted molar refractivity (Wildman–Crippen MR) is 98.9 cm³/mol. The number of carbonyl (C=O) groups is 1. The van der Waals surface area contributed by atoms with E-state index in [0.717, 1.165) is 37.7 Å². The van der Waals surface area contributed by atoms with Crippen LogP contribution in [0.3, 0.4) is 0 Å². The van der Waals surface area contributed by atoms with Gasteiger partial charge in [-0.1, -0.05) is 37.3 Å². The highest BCUT2D eigenvalue weighted by Crippen LogP contribution is 2.49. The first-order valence-corrected chi connectivity index (χ1v) is 9.59. The van der Waals surface area contributed by atoms with Gasteiger partial charge in [0, 0.05) is 18.3 Å². The van der Waals surface area contributed by atoms with Gasteiger partial charge >= 0.3 is 5.63 Å². The van der Waals surface area contributed by atoms with Crippen molar-refractivity contribution in [2.45, 2.75) is 57.3 Å². The highest BCUT2D eigenvalue weighted by Gasteiger charge is 2.40. The summed E-state index contributed by atoms with van der Waals surface area (Å²) in [6, 6.07) is 9.76. The van der Waals surface area contributed by atoms with Crippen LogP contribution in [0.5, 0.6) is 5.75 Å². The molecule has 0 amide bonds. The van der Waals surface area contributed by atoms with Gasteiger partial charge in [0.25, 0.3) is 0 Å². The van der Waals surface area contributed by atoms with Crippen LogP contribution in [-0.2, 0) is 0 Å². The zero-order valence-corrected chi connectivity index (χ0v) is 15.0. The molecule has 0 aliphatic heterocycles. The zero-order valence-electron chi connectivity index (χ0n) is 15.0. The van der Waals surface area contributed by atoms with Crippen LogP contribution in [0.4, 0.5) is 0 Å². The molecule has 0 radical (unpaired) electrons. The number of aromatic hydroxyl groups is 1. The van der Waals surface area contributed by atoms with Crippen LogP contribution in [0.1, 0.15) is 84.5 Å². The number of hydrogen-bond donors (Lipinski definition) is 1. The van der Waals surface area contributed by atoms with Gasteiger partial charge in [0.15, 0.2) is 5.78 Å². The summed E-state index contributed by atoms with van der Waals surface area (Å²) in [5.74, 6) is 0.258. The zero-order chi connectivity index (χ0) is 18.3. The molecule has 136 valence electrons. The fourth-order valence-electron chi connectivity index (χ4n) is 4.30. The molecule has 1 N–H and O–H groups in total. The SMILES string of the molecule is CCC1CCCC(=O)c2c1oc(=O)c(C(c1ccccc1)C1CC1)c2O. The van der Waals surface area contributed by atoms with Crippen molar-refractivity contribution < 1.29 is 14.3 Å². The van der Waals surface area contributed by atoms with E-state index in [1.165, 1.54) is 0 Å². The molecular formula is C22H24O4. The molecule has 1 aromatic heterocycles. The van der Waals surface area contributed by atoms with E-state index in [9.17, 15) is 14.7 Å². The minimum absolute atomic E-state index is 0.0141. The molecule has 2 aliphatic rings. The number of benzene rings is 1. The van der Waals surface area contributed by atoms with Crippen LogP contribution in [0.25, 0.3) is 0 Å². The smallest absolute Gasteiger partial charge is 0.343 e. The van der Waals surface area contributed by atoms with Crippen molar-refractivity contribution in [2.24, 2.45) is 5.92 Å². The van der Waals surface area contributed by atoms with Crippen molar-refractivity contribution in [1.29, 1.82) is 0 Å². The van der Waals surface area contributed by atoms with E-state index in [0.29, 0.717) is 18.1 Å². The minimum atomic E-state index is -0.491. The molecule has 4 heteroatoms. The Morgan fingerprint density at radius 1 is 1.15 bits per heavy atom. The van der Waals surface area contributed by atoms with Gasteiger partial charge in [0.1, 0.15) is 11.5 Å². The van der Waals surface area contributed by atoms with Crippen LogP contribution in [-0.4, -0.2) is 10.9 Å². The molecule has 2 aliphatic carbocycles. The Morgan fingerprint density at radius 3 is 2.54 bits per heavy atom. The second-order valence-corrected chi connectivity index (χ2v) is 7.54. The monoisotopic (exact) mass is 352 g/mol. The van der Waals surface area contributed by atoms with Gasteiger partial charge in [-0.3, -0.25) is 4.79 Å². The van der Waals surface area contributed by atoms with Crippen LogP contribution in [0.2, 0.25) is 0 Å². The highest BCUT2D eigenvalue weighted by molar-refractivity contribution is 6.00. The summed E-state index contributed by atoms with van der Waals surface area (Å²) in [6.07, 6.45) is 4.77. The summed E-state index contributed by atoms with van der Waals surface area (Å²) in [4.78, 5) is 25.6. The predicted octanol–water partition coefficient (Wildman–Crippen LogP) is 4.75. The summed E-state index contributed by atoms with van der Waals surface area (Å²) < 4.78 is 5.71. The van der Waals surface area contributed by atoms with Gasteiger partial charge in [-0.2, -0.15) is 0 Å². The lowest BCUT2D eigenvalue weighted by Crippen LogP contribution is -2.20. The summed E-state index contributed by atoms with van der Waals surface area (Å²) in [5.41, 5.74) is 1.02. The molecule has 0 bridgehead atoms. The number of hydrogen-bond acceptors (Lipinski definition) is 4. The number of rotatable bonds is 4. The number of ketones is 1. The van der Waals surface area contributed by atoms with Gasteiger partial charge in [0.05, 0.1) is 11.1 Å². The van der Waals surface area contributed by atoms with E-state index >= 15 is 0 Å². The summed E-state index contributed by atoms with van der Waals surface area (Å²) in [6.45, 7) is 2.02. The first-order valence-electron chi connectivity index (χ1n) is 9.59. The van der Waals surface area contributed by atoms with Crippen LogP contribution < -0.4 is 5.63 Å². The molecule has 26 heavy (non-hydrogen) atoms. The highest BCUT2D eigenvalue weighted by atomic mass is 16.4. The Hall–Kier alpha value is -2.36. The van der Waals surface area contributed by atoms with Gasteiger partial charge in [-0.15, -0.1) is 0 Å². The van der Waals surface area contributed by atoms with E-state index in [1.54, 1.807) is 0 Å². The van der Waals surface area contributed by atoms with Crippen molar-refractivity contribution in [2.75, 3.05) is 0 Å². The lowest BCUT2D eigenvalue weighted by Gasteiger charge is -2.21. The Bertz CT molecular complexity index is 877. The molecule has 2 unspecified atom stereocenters. The maximum absolute atomic E-state index is 12.9. The topological polar surface area (TPSA) is 67.5 Å². The molecule has 1 heterocycles. The largest absolute Gasteiger partial charge is 0.506 e. The van der Waals surface area contributed by atoms with Crippen molar-refractivity contribution in [1.82, 2.24) is 0 Å². The molecule has 4 rings (SSSR count). The van der Waals surface area contributed by atoms with Crippen LogP contribution >= 0.6 is 0 Å². The maximum atomic E-state index is 12.9. The van der Waals surface area contributed by atoms with E-state index < -0.39 is 5.63 Å². The fourth-order valence-corrected chi connectivity index (χ4v) is 4.30. The Kier molecular flexibility index (Phi) is 4.43. The third kappa shape index (κ3) is 2.87. The van der Waals surface area contributed by atoms with Crippen LogP contribution in [0, 0.1) is 5.92 Å². The normalized spacial score (nSPS) is 21.1. The molecule has 2 aromatic rings. The standard InChI is InChI=1S/C22H24O4/c1-2-13-9-6-10-16(23)18-20(24)19(22(25)26-21(13)18)17(15-11-12-15)14-7-4-3-5-8-14/h3-5,7-8,13,15,17,24H,2,6,9-12H2,1H3. The van der Waals surface area contributed by atoms with E-state index in [1.807, 2.05) is 37.3 Å².